The lowest BCUT2D eigenvalue weighted by Gasteiger charge is -2.06. The largest absolute Gasteiger partial charge is 0.293 e. The van der Waals surface area contributed by atoms with E-state index in [-0.39, 0.29) is 10.6 Å². The lowest BCUT2D eigenvalue weighted by atomic mass is 10.1. The van der Waals surface area contributed by atoms with Crippen molar-refractivity contribution in [1.82, 2.24) is 0 Å². The van der Waals surface area contributed by atoms with Crippen LogP contribution in [0.5, 0.6) is 0 Å². The first kappa shape index (κ1) is 11.7. The van der Waals surface area contributed by atoms with Crippen molar-refractivity contribution in [2.24, 2.45) is 0 Å². The van der Waals surface area contributed by atoms with Gasteiger partial charge in [0.15, 0.2) is 5.78 Å². The molecule has 1 nitrogen and oxygen atoms in total. The topological polar surface area (TPSA) is 17.1 Å². The molecule has 0 spiro atoms. The van der Waals surface area contributed by atoms with E-state index in [1.165, 1.54) is 0 Å². The summed E-state index contributed by atoms with van der Waals surface area (Å²) in [6, 6.07) is 5.64. The highest BCUT2D eigenvalue weighted by atomic mass is 127. The van der Waals surface area contributed by atoms with E-state index < -0.39 is 0 Å². The van der Waals surface area contributed by atoms with Crippen molar-refractivity contribution in [2.45, 2.75) is 11.8 Å². The molecule has 0 saturated heterocycles. The normalized spacial score (nSPS) is 12.6. The molecule has 0 fully saturated rings. The third kappa shape index (κ3) is 2.76. The first-order valence-corrected chi connectivity index (χ1v) is 6.45. The Morgan fingerprint density at radius 2 is 2.15 bits per heavy atom. The molecule has 13 heavy (non-hydrogen) atoms. The van der Waals surface area contributed by atoms with E-state index in [4.69, 9.17) is 0 Å². The summed E-state index contributed by atoms with van der Waals surface area (Å²) in [5, 5.41) is 0. The summed E-state index contributed by atoms with van der Waals surface area (Å²) in [6.45, 7) is 1.83. The maximum atomic E-state index is 11.6. The minimum Gasteiger partial charge on any atom is -0.293 e. The van der Waals surface area contributed by atoms with E-state index in [0.717, 1.165) is 13.6 Å². The fourth-order valence-corrected chi connectivity index (χ4v) is 2.15. The number of benzene rings is 1. The maximum absolute atomic E-state index is 11.6. The van der Waals surface area contributed by atoms with Crippen molar-refractivity contribution in [3.63, 3.8) is 0 Å². The van der Waals surface area contributed by atoms with Crippen molar-refractivity contribution >= 4 is 60.2 Å². The van der Waals surface area contributed by atoms with Gasteiger partial charge in [-0.25, -0.2) is 0 Å². The predicted octanol–water partition coefficient (Wildman–Crippen LogP) is 4.02. The smallest absolute Gasteiger partial charge is 0.177 e. The average Bonchev–Trinajstić information content (AvgIpc) is 2.08. The molecule has 0 aliphatic rings. The molecule has 0 radical (unpaired) electrons. The highest BCUT2D eigenvalue weighted by Crippen LogP contribution is 2.24. The third-order valence-electron chi connectivity index (χ3n) is 1.58. The Balaban J connectivity index is 3.15. The number of ketones is 1. The number of carbonyl (C=O) groups is 1. The Morgan fingerprint density at radius 3 is 2.69 bits per heavy atom. The van der Waals surface area contributed by atoms with Crippen LogP contribution in [0, 0.1) is 3.57 Å². The Labute approximate surface area is 108 Å². The molecule has 1 aromatic rings. The van der Waals surface area contributed by atoms with Crippen LogP contribution in [0.15, 0.2) is 22.7 Å². The van der Waals surface area contributed by atoms with Gasteiger partial charge in [-0.3, -0.25) is 4.79 Å². The molecule has 1 atom stereocenters. The molecule has 0 amide bonds. The molecule has 1 aromatic carbocycles. The Kier molecular flexibility index (Phi) is 4.38. The average molecular weight is 418 g/mol. The number of hydrogen-bond acceptors (Lipinski definition) is 1. The zero-order valence-corrected chi connectivity index (χ0v) is 12.2. The second kappa shape index (κ2) is 4.89. The summed E-state index contributed by atoms with van der Waals surface area (Å²) in [5.41, 5.74) is 0.763. The van der Waals surface area contributed by atoms with E-state index in [1.54, 1.807) is 0 Å². The van der Waals surface area contributed by atoms with Crippen LogP contribution in [0.25, 0.3) is 0 Å². The summed E-state index contributed by atoms with van der Waals surface area (Å²) >= 11 is 8.82. The van der Waals surface area contributed by atoms with Crippen LogP contribution in [0.3, 0.4) is 0 Å². The van der Waals surface area contributed by atoms with Crippen LogP contribution in [0.4, 0.5) is 0 Å². The van der Waals surface area contributed by atoms with Gasteiger partial charge in [0, 0.05) is 13.6 Å². The van der Waals surface area contributed by atoms with Crippen LogP contribution in [0.1, 0.15) is 17.3 Å². The second-order valence-corrected chi connectivity index (χ2v) is 5.89. The Morgan fingerprint density at radius 1 is 1.54 bits per heavy atom. The van der Waals surface area contributed by atoms with E-state index in [2.05, 4.69) is 54.5 Å². The number of hydrogen-bond donors (Lipinski definition) is 0. The van der Waals surface area contributed by atoms with Crippen molar-refractivity contribution in [3.05, 3.63) is 31.8 Å². The predicted molar refractivity (Wildman–Crippen MR) is 69.6 cm³/mol. The van der Waals surface area contributed by atoms with Crippen molar-refractivity contribution in [3.8, 4) is 0 Å². The van der Waals surface area contributed by atoms with Gasteiger partial charge in [0.1, 0.15) is 0 Å². The van der Waals surface area contributed by atoms with Gasteiger partial charge in [-0.15, -0.1) is 0 Å². The van der Waals surface area contributed by atoms with Crippen LogP contribution in [0.2, 0.25) is 0 Å². The van der Waals surface area contributed by atoms with Gasteiger partial charge < -0.3 is 0 Å². The zero-order chi connectivity index (χ0) is 10.0. The molecule has 1 rings (SSSR count). The fraction of sp³-hybridized carbons (Fsp3) is 0.222. The van der Waals surface area contributed by atoms with Crippen molar-refractivity contribution < 1.29 is 4.79 Å². The third-order valence-corrected chi connectivity index (χ3v) is 4.56. The second-order valence-electron chi connectivity index (χ2n) is 2.58. The van der Waals surface area contributed by atoms with Crippen LogP contribution >= 0.6 is 54.5 Å². The molecular weight excluding hydrogens is 411 g/mol. The molecular formula is C9H7Br2IO. The van der Waals surface area contributed by atoms with Gasteiger partial charge in [0.25, 0.3) is 0 Å². The zero-order valence-electron chi connectivity index (χ0n) is 6.85. The van der Waals surface area contributed by atoms with Gasteiger partial charge in [0.05, 0.1) is 4.83 Å². The molecule has 0 bridgehead atoms. The van der Waals surface area contributed by atoms with E-state index in [0.29, 0.717) is 0 Å². The van der Waals surface area contributed by atoms with Gasteiger partial charge in [0.2, 0.25) is 0 Å². The first-order valence-electron chi connectivity index (χ1n) is 3.66. The molecule has 0 aliphatic heterocycles. The van der Waals surface area contributed by atoms with Crippen molar-refractivity contribution in [2.75, 3.05) is 0 Å². The van der Waals surface area contributed by atoms with E-state index >= 15 is 0 Å². The van der Waals surface area contributed by atoms with Gasteiger partial charge in [-0.1, -0.05) is 28.1 Å². The minimum atomic E-state index is -0.129. The summed E-state index contributed by atoms with van der Waals surface area (Å²) in [4.78, 5) is 11.5. The summed E-state index contributed by atoms with van der Waals surface area (Å²) in [6.07, 6.45) is 0. The highest BCUT2D eigenvalue weighted by molar-refractivity contribution is 14.1. The quantitative estimate of drug-likeness (QED) is 0.403. The number of carbonyl (C=O) groups excluding carboxylic acids is 1. The first-order chi connectivity index (χ1) is 6.04. The van der Waals surface area contributed by atoms with Crippen LogP contribution < -0.4 is 0 Å². The lowest BCUT2D eigenvalue weighted by Crippen LogP contribution is -2.11. The van der Waals surface area contributed by atoms with Gasteiger partial charge >= 0.3 is 0 Å². The van der Waals surface area contributed by atoms with Crippen LogP contribution in [-0.2, 0) is 0 Å². The Bertz CT molecular complexity index is 336. The molecule has 0 N–H and O–H groups in total. The van der Waals surface area contributed by atoms with Gasteiger partial charge in [-0.2, -0.15) is 0 Å². The van der Waals surface area contributed by atoms with Gasteiger partial charge in [-0.05, 0) is 51.5 Å². The molecule has 4 heteroatoms. The highest BCUT2D eigenvalue weighted by Gasteiger charge is 2.15. The number of halogens is 3. The molecule has 0 aromatic heterocycles. The van der Waals surface area contributed by atoms with Crippen LogP contribution in [-0.4, -0.2) is 10.6 Å². The van der Waals surface area contributed by atoms with Crippen molar-refractivity contribution in [1.29, 1.82) is 0 Å². The molecule has 0 aliphatic carbocycles. The molecule has 1 unspecified atom stereocenters. The number of alkyl halides is 1. The summed E-state index contributed by atoms with van der Waals surface area (Å²) in [5.74, 6) is 0.116. The standard InChI is InChI=1S/C9H7Br2IO/c1-5(10)9(13)6-3-2-4-7(11)8(6)12/h2-5H,1H3. The minimum absolute atomic E-state index is 0.116. The Hall–Kier alpha value is 0.580. The summed E-state index contributed by atoms with van der Waals surface area (Å²) in [7, 11) is 0. The fourth-order valence-electron chi connectivity index (χ4n) is 0.908. The van der Waals surface area contributed by atoms with E-state index in [9.17, 15) is 4.79 Å². The number of rotatable bonds is 2. The monoisotopic (exact) mass is 416 g/mol. The lowest BCUT2D eigenvalue weighted by molar-refractivity contribution is 0.0995. The maximum Gasteiger partial charge on any atom is 0.177 e. The SMILES string of the molecule is CC(Br)C(=O)c1cccc(Br)c1I. The molecule has 70 valence electrons. The number of Topliss-reactive ketones (excluding diaryl/α,β-unsaturated/α-hetero) is 1. The molecule has 0 heterocycles. The summed E-state index contributed by atoms with van der Waals surface area (Å²) < 4.78 is 1.93. The molecule has 0 saturated carbocycles. The van der Waals surface area contributed by atoms with E-state index in [1.807, 2.05) is 25.1 Å².